The first kappa shape index (κ1) is 10.1. The molecule has 0 aliphatic carbocycles. The van der Waals surface area contributed by atoms with Gasteiger partial charge in [0.2, 0.25) is 5.13 Å². The number of aliphatic hydroxyl groups excluding tert-OH is 1. The third-order valence-electron chi connectivity index (χ3n) is 2.09. The van der Waals surface area contributed by atoms with Crippen molar-refractivity contribution in [2.75, 3.05) is 12.3 Å². The number of nitrogen functional groups attached to an aromatic ring is 1. The van der Waals surface area contributed by atoms with E-state index in [1.165, 1.54) is 11.3 Å². The number of nitrogens with zero attached hydrogens (tertiary/aromatic N) is 3. The first-order valence-corrected chi connectivity index (χ1v) is 5.54. The van der Waals surface area contributed by atoms with Crippen molar-refractivity contribution in [1.29, 1.82) is 0 Å². The van der Waals surface area contributed by atoms with Gasteiger partial charge in [0.25, 0.3) is 0 Å². The van der Waals surface area contributed by atoms with Crippen molar-refractivity contribution in [3.8, 4) is 5.13 Å². The number of thiazole rings is 1. The quantitative estimate of drug-likeness (QED) is 0.806. The van der Waals surface area contributed by atoms with Crippen molar-refractivity contribution in [2.45, 2.75) is 12.8 Å². The second-order valence-corrected chi connectivity index (χ2v) is 3.98. The van der Waals surface area contributed by atoms with Gasteiger partial charge in [0, 0.05) is 23.7 Å². The molecule has 0 radical (unpaired) electrons. The van der Waals surface area contributed by atoms with Crippen LogP contribution in [0.2, 0.25) is 0 Å². The van der Waals surface area contributed by atoms with Gasteiger partial charge in [0.15, 0.2) is 0 Å². The van der Waals surface area contributed by atoms with Gasteiger partial charge >= 0.3 is 0 Å². The van der Waals surface area contributed by atoms with Crippen LogP contribution in [0.1, 0.15) is 12.0 Å². The van der Waals surface area contributed by atoms with Crippen LogP contribution >= 0.6 is 11.3 Å². The Kier molecular flexibility index (Phi) is 2.98. The molecular formula is C9H12N4OS. The monoisotopic (exact) mass is 224 g/mol. The highest BCUT2D eigenvalue weighted by molar-refractivity contribution is 7.12. The molecule has 0 aliphatic rings. The van der Waals surface area contributed by atoms with Crippen LogP contribution in [-0.4, -0.2) is 26.5 Å². The maximum absolute atomic E-state index is 8.73. The van der Waals surface area contributed by atoms with Crippen LogP contribution in [0.3, 0.4) is 0 Å². The van der Waals surface area contributed by atoms with E-state index < -0.39 is 0 Å². The van der Waals surface area contributed by atoms with Crippen LogP contribution in [0.15, 0.2) is 17.8 Å². The van der Waals surface area contributed by atoms with Crippen LogP contribution in [0, 0.1) is 0 Å². The van der Waals surface area contributed by atoms with E-state index in [2.05, 4.69) is 10.1 Å². The maximum Gasteiger partial charge on any atom is 0.212 e. The zero-order chi connectivity index (χ0) is 10.7. The molecule has 5 nitrogen and oxygen atoms in total. The molecule has 0 fully saturated rings. The van der Waals surface area contributed by atoms with Gasteiger partial charge in [-0.15, -0.1) is 11.3 Å². The van der Waals surface area contributed by atoms with Crippen LogP contribution in [0.5, 0.6) is 0 Å². The van der Waals surface area contributed by atoms with Gasteiger partial charge < -0.3 is 10.8 Å². The second kappa shape index (κ2) is 4.41. The average Bonchev–Trinajstić information content (AvgIpc) is 2.84. The molecule has 0 spiro atoms. The molecule has 0 amide bonds. The Balaban J connectivity index is 2.24. The van der Waals surface area contributed by atoms with Crippen molar-refractivity contribution in [3.63, 3.8) is 0 Å². The van der Waals surface area contributed by atoms with E-state index in [0.717, 1.165) is 17.1 Å². The summed E-state index contributed by atoms with van der Waals surface area (Å²) in [5.74, 6) is 0.610. The summed E-state index contributed by atoms with van der Waals surface area (Å²) in [5, 5.41) is 15.5. The molecule has 2 aromatic heterocycles. The van der Waals surface area contributed by atoms with E-state index in [0.29, 0.717) is 12.2 Å². The lowest BCUT2D eigenvalue weighted by Crippen LogP contribution is -2.02. The molecule has 3 N–H and O–H groups in total. The Morgan fingerprint density at radius 3 is 3.07 bits per heavy atom. The van der Waals surface area contributed by atoms with Gasteiger partial charge in [0.05, 0.1) is 6.20 Å². The first-order chi connectivity index (χ1) is 7.33. The predicted molar refractivity (Wildman–Crippen MR) is 59.1 cm³/mol. The van der Waals surface area contributed by atoms with Crippen molar-refractivity contribution in [3.05, 3.63) is 23.3 Å². The van der Waals surface area contributed by atoms with Gasteiger partial charge in [-0.1, -0.05) is 0 Å². The van der Waals surface area contributed by atoms with E-state index in [4.69, 9.17) is 10.8 Å². The van der Waals surface area contributed by atoms with Gasteiger partial charge in [0.1, 0.15) is 5.82 Å². The summed E-state index contributed by atoms with van der Waals surface area (Å²) in [7, 11) is 0. The number of hydrogen-bond donors (Lipinski definition) is 2. The standard InChI is InChI=1S/C9H12N4OS/c10-8-7(2-1-4-14)6-12-13(8)9-11-3-5-15-9/h3,5-6,14H,1-2,4,10H2. The lowest BCUT2D eigenvalue weighted by atomic mass is 10.2. The molecule has 0 saturated carbocycles. The third-order valence-corrected chi connectivity index (χ3v) is 2.84. The molecule has 2 heterocycles. The Morgan fingerprint density at radius 1 is 1.53 bits per heavy atom. The molecule has 0 bridgehead atoms. The van der Waals surface area contributed by atoms with Crippen LogP contribution in [0.4, 0.5) is 5.82 Å². The second-order valence-electron chi connectivity index (χ2n) is 3.11. The summed E-state index contributed by atoms with van der Waals surface area (Å²) in [5.41, 5.74) is 6.88. The fourth-order valence-corrected chi connectivity index (χ4v) is 1.94. The van der Waals surface area contributed by atoms with E-state index >= 15 is 0 Å². The third kappa shape index (κ3) is 2.00. The fraction of sp³-hybridized carbons (Fsp3) is 0.333. The highest BCUT2D eigenvalue weighted by atomic mass is 32.1. The number of aromatic nitrogens is 3. The molecule has 2 rings (SSSR count). The highest BCUT2D eigenvalue weighted by Gasteiger charge is 2.09. The predicted octanol–water partition coefficient (Wildman–Crippen LogP) is 0.836. The zero-order valence-electron chi connectivity index (χ0n) is 8.13. The largest absolute Gasteiger partial charge is 0.396 e. The molecule has 0 saturated heterocycles. The average molecular weight is 224 g/mol. The summed E-state index contributed by atoms with van der Waals surface area (Å²) < 4.78 is 1.62. The number of aliphatic hydroxyl groups is 1. The topological polar surface area (TPSA) is 77.0 Å². The van der Waals surface area contributed by atoms with E-state index in [-0.39, 0.29) is 6.61 Å². The van der Waals surface area contributed by atoms with Crippen molar-refractivity contribution in [2.24, 2.45) is 0 Å². The lowest BCUT2D eigenvalue weighted by molar-refractivity contribution is 0.288. The van der Waals surface area contributed by atoms with Gasteiger partial charge in [-0.2, -0.15) is 9.78 Å². The molecule has 15 heavy (non-hydrogen) atoms. The summed E-state index contributed by atoms with van der Waals surface area (Å²) in [6, 6.07) is 0. The molecule has 0 unspecified atom stereocenters. The van der Waals surface area contributed by atoms with Crippen LogP contribution < -0.4 is 5.73 Å². The summed E-state index contributed by atoms with van der Waals surface area (Å²) in [4.78, 5) is 4.13. The van der Waals surface area contributed by atoms with E-state index in [1.54, 1.807) is 17.1 Å². The van der Waals surface area contributed by atoms with Crippen LogP contribution in [-0.2, 0) is 6.42 Å². The molecule has 80 valence electrons. The maximum atomic E-state index is 8.73. The number of aryl methyl sites for hydroxylation is 1. The molecular weight excluding hydrogens is 212 g/mol. The lowest BCUT2D eigenvalue weighted by Gasteiger charge is -2.00. The smallest absolute Gasteiger partial charge is 0.212 e. The van der Waals surface area contributed by atoms with E-state index in [1.807, 2.05) is 5.38 Å². The van der Waals surface area contributed by atoms with Crippen molar-refractivity contribution < 1.29 is 5.11 Å². The normalized spacial score (nSPS) is 10.7. The number of nitrogens with two attached hydrogens (primary N) is 1. The van der Waals surface area contributed by atoms with Crippen molar-refractivity contribution >= 4 is 17.2 Å². The molecule has 0 atom stereocenters. The highest BCUT2D eigenvalue weighted by Crippen LogP contribution is 2.19. The number of hydrogen-bond acceptors (Lipinski definition) is 5. The first-order valence-electron chi connectivity index (χ1n) is 4.66. The molecule has 2 aromatic rings. The minimum atomic E-state index is 0.169. The molecule has 0 aromatic carbocycles. The number of rotatable bonds is 4. The van der Waals surface area contributed by atoms with Gasteiger partial charge in [-0.05, 0) is 12.8 Å². The molecule has 6 heteroatoms. The Labute approximate surface area is 91.2 Å². The van der Waals surface area contributed by atoms with E-state index in [9.17, 15) is 0 Å². The SMILES string of the molecule is Nc1c(CCCO)cnn1-c1nccs1. The van der Waals surface area contributed by atoms with Crippen LogP contribution in [0.25, 0.3) is 5.13 Å². The Hall–Kier alpha value is -1.40. The minimum absolute atomic E-state index is 0.169. The molecule has 0 aliphatic heterocycles. The zero-order valence-corrected chi connectivity index (χ0v) is 8.94. The Morgan fingerprint density at radius 2 is 2.40 bits per heavy atom. The minimum Gasteiger partial charge on any atom is -0.396 e. The number of anilines is 1. The van der Waals surface area contributed by atoms with Gasteiger partial charge in [-0.3, -0.25) is 0 Å². The summed E-state index contributed by atoms with van der Waals surface area (Å²) in [6.07, 6.45) is 4.89. The summed E-state index contributed by atoms with van der Waals surface area (Å²) >= 11 is 1.49. The summed E-state index contributed by atoms with van der Waals surface area (Å²) in [6.45, 7) is 0.169. The van der Waals surface area contributed by atoms with Crippen molar-refractivity contribution in [1.82, 2.24) is 14.8 Å². The fourth-order valence-electron chi connectivity index (χ4n) is 1.33. The Bertz CT molecular complexity index is 423. The van der Waals surface area contributed by atoms with Gasteiger partial charge in [-0.25, -0.2) is 4.98 Å².